The van der Waals surface area contributed by atoms with Crippen LogP contribution in [-0.4, -0.2) is 36.3 Å². The van der Waals surface area contributed by atoms with Gasteiger partial charge in [-0.15, -0.1) is 0 Å². The van der Waals surface area contributed by atoms with Crippen LogP contribution in [0.25, 0.3) is 0 Å². The van der Waals surface area contributed by atoms with Crippen molar-refractivity contribution in [2.75, 3.05) is 25.4 Å². The number of amides is 2. The van der Waals surface area contributed by atoms with Crippen LogP contribution in [0.5, 0.6) is 0 Å². The van der Waals surface area contributed by atoms with Gasteiger partial charge in [0.1, 0.15) is 5.82 Å². The minimum absolute atomic E-state index is 0.0239. The third kappa shape index (κ3) is 3.46. The molecule has 1 aliphatic rings. The second-order valence-corrected chi connectivity index (χ2v) is 4.83. The molecule has 1 heterocycles. The second-order valence-electron chi connectivity index (χ2n) is 4.83. The average molecular weight is 279 g/mol. The Kier molecular flexibility index (Phi) is 4.55. The number of benzene rings is 1. The van der Waals surface area contributed by atoms with Crippen molar-refractivity contribution in [1.82, 2.24) is 10.2 Å². The zero-order valence-electron chi connectivity index (χ0n) is 11.2. The van der Waals surface area contributed by atoms with Gasteiger partial charge in [0.25, 0.3) is 5.91 Å². The van der Waals surface area contributed by atoms with Crippen molar-refractivity contribution in [1.29, 1.82) is 0 Å². The minimum Gasteiger partial charge on any atom is -0.399 e. The van der Waals surface area contributed by atoms with Gasteiger partial charge in [0.05, 0.1) is 5.56 Å². The summed E-state index contributed by atoms with van der Waals surface area (Å²) in [5.74, 6) is -1.15. The van der Waals surface area contributed by atoms with Crippen LogP contribution in [0.3, 0.4) is 0 Å². The number of nitrogens with two attached hydrogens (primary N) is 1. The summed E-state index contributed by atoms with van der Waals surface area (Å²) in [5, 5.41) is 2.54. The molecule has 0 bridgehead atoms. The van der Waals surface area contributed by atoms with E-state index in [1.807, 2.05) is 0 Å². The van der Waals surface area contributed by atoms with Crippen LogP contribution in [0.1, 0.15) is 29.6 Å². The fourth-order valence-electron chi connectivity index (χ4n) is 2.22. The van der Waals surface area contributed by atoms with Gasteiger partial charge in [0, 0.05) is 31.7 Å². The Morgan fingerprint density at radius 3 is 2.70 bits per heavy atom. The largest absolute Gasteiger partial charge is 0.399 e. The van der Waals surface area contributed by atoms with Crippen LogP contribution in [-0.2, 0) is 4.79 Å². The summed E-state index contributed by atoms with van der Waals surface area (Å²) < 4.78 is 13.5. The standard InChI is InChI=1S/C14H18FN3O2/c15-12-4-3-10(16)9-11(12)14(20)17-6-5-13(19)18-7-1-2-8-18/h3-4,9H,1-2,5-8,16H2,(H,17,20). The SMILES string of the molecule is Nc1ccc(F)c(C(=O)NCCC(=O)N2CCCC2)c1. The number of anilines is 1. The number of nitrogens with one attached hydrogen (secondary N) is 1. The van der Waals surface area contributed by atoms with E-state index < -0.39 is 11.7 Å². The molecule has 3 N–H and O–H groups in total. The van der Waals surface area contributed by atoms with Gasteiger partial charge in [-0.05, 0) is 31.0 Å². The predicted octanol–water partition coefficient (Wildman–Crippen LogP) is 1.15. The first kappa shape index (κ1) is 14.3. The number of nitrogen functional groups attached to an aromatic ring is 1. The van der Waals surface area contributed by atoms with Gasteiger partial charge in [0.2, 0.25) is 5.91 Å². The first-order valence-electron chi connectivity index (χ1n) is 6.69. The molecule has 20 heavy (non-hydrogen) atoms. The molecule has 6 heteroatoms. The smallest absolute Gasteiger partial charge is 0.254 e. The summed E-state index contributed by atoms with van der Waals surface area (Å²) in [7, 11) is 0. The van der Waals surface area contributed by atoms with E-state index in [1.54, 1.807) is 4.90 Å². The highest BCUT2D eigenvalue weighted by atomic mass is 19.1. The third-order valence-electron chi connectivity index (χ3n) is 3.32. The number of rotatable bonds is 4. The fraction of sp³-hybridized carbons (Fsp3) is 0.429. The Labute approximate surface area is 116 Å². The molecule has 0 atom stereocenters. The number of carbonyl (C=O) groups excluding carboxylic acids is 2. The van der Waals surface area contributed by atoms with Crippen molar-refractivity contribution < 1.29 is 14.0 Å². The second kappa shape index (κ2) is 6.36. The zero-order chi connectivity index (χ0) is 14.5. The highest BCUT2D eigenvalue weighted by Gasteiger charge is 2.18. The molecule has 0 unspecified atom stereocenters. The summed E-state index contributed by atoms with van der Waals surface area (Å²) in [6.07, 6.45) is 2.30. The molecular weight excluding hydrogens is 261 g/mol. The van der Waals surface area contributed by atoms with Crippen LogP contribution in [0, 0.1) is 5.82 Å². The van der Waals surface area contributed by atoms with E-state index in [4.69, 9.17) is 5.73 Å². The molecule has 0 aliphatic carbocycles. The van der Waals surface area contributed by atoms with Crippen LogP contribution in [0.4, 0.5) is 10.1 Å². The molecule has 1 aromatic carbocycles. The molecule has 2 amide bonds. The number of carbonyl (C=O) groups is 2. The van der Waals surface area contributed by atoms with Crippen LogP contribution < -0.4 is 11.1 Å². The topological polar surface area (TPSA) is 75.4 Å². The Hall–Kier alpha value is -2.11. The van der Waals surface area contributed by atoms with Crippen molar-refractivity contribution in [3.8, 4) is 0 Å². The highest BCUT2D eigenvalue weighted by Crippen LogP contribution is 2.12. The molecule has 1 aromatic rings. The molecular formula is C14H18FN3O2. The van der Waals surface area contributed by atoms with E-state index in [-0.39, 0.29) is 24.4 Å². The van der Waals surface area contributed by atoms with Crippen LogP contribution >= 0.6 is 0 Å². The van der Waals surface area contributed by atoms with Crippen molar-refractivity contribution in [3.05, 3.63) is 29.6 Å². The van der Waals surface area contributed by atoms with Gasteiger partial charge in [0.15, 0.2) is 0 Å². The number of nitrogens with zero attached hydrogens (tertiary/aromatic N) is 1. The van der Waals surface area contributed by atoms with E-state index in [0.29, 0.717) is 5.69 Å². The summed E-state index contributed by atoms with van der Waals surface area (Å²) in [4.78, 5) is 25.3. The van der Waals surface area contributed by atoms with Gasteiger partial charge in [-0.1, -0.05) is 0 Å². The third-order valence-corrected chi connectivity index (χ3v) is 3.32. The maximum atomic E-state index is 13.5. The minimum atomic E-state index is -0.623. The summed E-state index contributed by atoms with van der Waals surface area (Å²) in [6, 6.07) is 3.83. The van der Waals surface area contributed by atoms with E-state index in [0.717, 1.165) is 32.0 Å². The highest BCUT2D eigenvalue weighted by molar-refractivity contribution is 5.95. The lowest BCUT2D eigenvalue weighted by atomic mass is 10.1. The van der Waals surface area contributed by atoms with Gasteiger partial charge in [-0.2, -0.15) is 0 Å². The monoisotopic (exact) mass is 279 g/mol. The first-order chi connectivity index (χ1) is 9.58. The van der Waals surface area contributed by atoms with Crippen molar-refractivity contribution in [2.45, 2.75) is 19.3 Å². The Morgan fingerprint density at radius 2 is 2.00 bits per heavy atom. The number of hydrogen-bond acceptors (Lipinski definition) is 3. The Balaban J connectivity index is 1.83. The molecule has 1 fully saturated rings. The lowest BCUT2D eigenvalue weighted by Gasteiger charge is -2.15. The van der Waals surface area contributed by atoms with Gasteiger partial charge in [-0.3, -0.25) is 9.59 Å². The summed E-state index contributed by atoms with van der Waals surface area (Å²) in [5.41, 5.74) is 5.74. The number of likely N-dealkylation sites (tertiary alicyclic amines) is 1. The normalized spacial score (nSPS) is 14.3. The van der Waals surface area contributed by atoms with Crippen LogP contribution in [0.15, 0.2) is 18.2 Å². The molecule has 0 saturated carbocycles. The zero-order valence-corrected chi connectivity index (χ0v) is 11.2. The predicted molar refractivity (Wildman–Crippen MR) is 73.6 cm³/mol. The average Bonchev–Trinajstić information content (AvgIpc) is 2.95. The summed E-state index contributed by atoms with van der Waals surface area (Å²) >= 11 is 0. The molecule has 0 aromatic heterocycles. The molecule has 0 spiro atoms. The van der Waals surface area contributed by atoms with Crippen molar-refractivity contribution in [2.24, 2.45) is 0 Å². The number of hydrogen-bond donors (Lipinski definition) is 2. The Morgan fingerprint density at radius 1 is 1.30 bits per heavy atom. The van der Waals surface area contributed by atoms with Gasteiger partial charge < -0.3 is 16.0 Å². The maximum absolute atomic E-state index is 13.5. The van der Waals surface area contributed by atoms with Gasteiger partial charge >= 0.3 is 0 Å². The number of halogens is 1. The van der Waals surface area contributed by atoms with E-state index in [2.05, 4.69) is 5.32 Å². The first-order valence-corrected chi connectivity index (χ1v) is 6.69. The van der Waals surface area contributed by atoms with Crippen molar-refractivity contribution >= 4 is 17.5 Å². The van der Waals surface area contributed by atoms with E-state index in [1.165, 1.54) is 12.1 Å². The Bertz CT molecular complexity index is 513. The molecule has 1 saturated heterocycles. The van der Waals surface area contributed by atoms with E-state index >= 15 is 0 Å². The lowest BCUT2D eigenvalue weighted by Crippen LogP contribution is -2.33. The summed E-state index contributed by atoms with van der Waals surface area (Å²) in [6.45, 7) is 1.77. The quantitative estimate of drug-likeness (QED) is 0.812. The molecule has 0 radical (unpaired) electrons. The molecule has 5 nitrogen and oxygen atoms in total. The fourth-order valence-corrected chi connectivity index (χ4v) is 2.22. The molecule has 1 aliphatic heterocycles. The lowest BCUT2D eigenvalue weighted by molar-refractivity contribution is -0.129. The van der Waals surface area contributed by atoms with Gasteiger partial charge in [-0.25, -0.2) is 4.39 Å². The maximum Gasteiger partial charge on any atom is 0.254 e. The molecule has 108 valence electrons. The molecule has 2 rings (SSSR count). The van der Waals surface area contributed by atoms with E-state index in [9.17, 15) is 14.0 Å². The van der Waals surface area contributed by atoms with Crippen LogP contribution in [0.2, 0.25) is 0 Å². The van der Waals surface area contributed by atoms with Crippen molar-refractivity contribution in [3.63, 3.8) is 0 Å².